The summed E-state index contributed by atoms with van der Waals surface area (Å²) in [6, 6.07) is 8.37. The van der Waals surface area contributed by atoms with Crippen molar-refractivity contribution in [1.82, 2.24) is 25.1 Å². The minimum Gasteiger partial charge on any atom is -0.457 e. The van der Waals surface area contributed by atoms with Crippen molar-refractivity contribution in [2.24, 2.45) is 7.05 Å². The van der Waals surface area contributed by atoms with E-state index in [1.54, 1.807) is 37.6 Å². The minimum absolute atomic E-state index is 0.0228. The van der Waals surface area contributed by atoms with Gasteiger partial charge in [-0.15, -0.1) is 0 Å². The number of urea groups is 1. The van der Waals surface area contributed by atoms with Gasteiger partial charge in [0.05, 0.1) is 23.3 Å². The number of amides is 2. The molecule has 3 aromatic heterocycles. The second-order valence-electron chi connectivity index (χ2n) is 8.25. The van der Waals surface area contributed by atoms with E-state index in [1.165, 1.54) is 23.0 Å². The van der Waals surface area contributed by atoms with Gasteiger partial charge in [0, 0.05) is 36.9 Å². The number of carbonyl (C=O) groups excluding carboxylic acids is 1. The highest BCUT2D eigenvalue weighted by molar-refractivity contribution is 5.99. The summed E-state index contributed by atoms with van der Waals surface area (Å²) in [7, 11) is 1.71. The van der Waals surface area contributed by atoms with E-state index < -0.39 is 11.8 Å². The molecular weight excluding hydrogens is 429 g/mol. The summed E-state index contributed by atoms with van der Waals surface area (Å²) in [5.41, 5.74) is 1.58. The fraction of sp³-hybridized carbons (Fsp3) is 0.227. The van der Waals surface area contributed by atoms with Gasteiger partial charge in [-0.1, -0.05) is 25.9 Å². The molecule has 10 nitrogen and oxygen atoms in total. The number of nitrogens with zero attached hydrogens (tertiary/aromatic N) is 5. The van der Waals surface area contributed by atoms with Crippen molar-refractivity contribution in [3.8, 4) is 22.9 Å². The molecule has 0 aliphatic heterocycles. The van der Waals surface area contributed by atoms with Crippen molar-refractivity contribution in [2.75, 3.05) is 10.6 Å². The molecule has 0 spiro atoms. The molecule has 33 heavy (non-hydrogen) atoms. The fourth-order valence-corrected chi connectivity index (χ4v) is 2.83. The lowest BCUT2D eigenvalue weighted by atomic mass is 9.92. The van der Waals surface area contributed by atoms with Gasteiger partial charge in [0.15, 0.2) is 0 Å². The molecule has 0 saturated heterocycles. The second-order valence-corrected chi connectivity index (χ2v) is 8.25. The molecule has 0 radical (unpaired) electrons. The van der Waals surface area contributed by atoms with Gasteiger partial charge in [-0.05, 0) is 18.2 Å². The predicted molar refractivity (Wildman–Crippen MR) is 119 cm³/mol. The van der Waals surface area contributed by atoms with Crippen LogP contribution in [0.25, 0.3) is 11.4 Å². The Bertz CT molecular complexity index is 1290. The van der Waals surface area contributed by atoms with Crippen molar-refractivity contribution in [2.45, 2.75) is 26.2 Å². The average Bonchev–Trinajstić information content (AvgIpc) is 3.39. The third kappa shape index (κ3) is 5.32. The Morgan fingerprint density at radius 1 is 1.09 bits per heavy atom. The predicted octanol–water partition coefficient (Wildman–Crippen LogP) is 4.74. The first kappa shape index (κ1) is 21.9. The average molecular weight is 451 g/mol. The molecule has 0 saturated carbocycles. The van der Waals surface area contributed by atoms with Gasteiger partial charge in [-0.25, -0.2) is 9.18 Å². The molecule has 1 aromatic carbocycles. The first-order chi connectivity index (χ1) is 15.7. The number of halogens is 1. The molecule has 0 aliphatic rings. The number of benzene rings is 1. The smallest absolute Gasteiger partial charge is 0.326 e. The van der Waals surface area contributed by atoms with Crippen LogP contribution < -0.4 is 15.4 Å². The standard InChI is InChI=1S/C22H22FN7O3/c1-22(2,3)19-11-20(33-29-19)27-21(31)26-16-6-5-13(9-15(16)23)32-14-7-8-24-17(10-14)18-12-25-30(4)28-18/h5-12H,1-4H3,(H2,26,27,31). The Morgan fingerprint density at radius 2 is 1.88 bits per heavy atom. The van der Waals surface area contributed by atoms with Crippen LogP contribution in [0.2, 0.25) is 0 Å². The molecule has 2 amide bonds. The van der Waals surface area contributed by atoms with Crippen LogP contribution in [0.1, 0.15) is 26.5 Å². The van der Waals surface area contributed by atoms with Gasteiger partial charge in [0.2, 0.25) is 5.88 Å². The van der Waals surface area contributed by atoms with Crippen molar-refractivity contribution < 1.29 is 18.4 Å². The highest BCUT2D eigenvalue weighted by Crippen LogP contribution is 2.28. The van der Waals surface area contributed by atoms with E-state index in [2.05, 4.69) is 31.0 Å². The Labute approximate surface area is 188 Å². The molecular formula is C22H22FN7O3. The van der Waals surface area contributed by atoms with Crippen LogP contribution in [0.3, 0.4) is 0 Å². The zero-order chi connectivity index (χ0) is 23.6. The summed E-state index contributed by atoms with van der Waals surface area (Å²) in [4.78, 5) is 17.9. The molecule has 11 heteroatoms. The quantitative estimate of drug-likeness (QED) is 0.450. The molecule has 0 atom stereocenters. The van der Waals surface area contributed by atoms with Crippen molar-refractivity contribution in [3.05, 3.63) is 60.3 Å². The maximum Gasteiger partial charge on any atom is 0.326 e. The van der Waals surface area contributed by atoms with Crippen LogP contribution in [-0.4, -0.2) is 31.2 Å². The number of rotatable bonds is 5. The number of hydrogen-bond donors (Lipinski definition) is 2. The topological polar surface area (TPSA) is 120 Å². The Hall–Kier alpha value is -4.28. The fourth-order valence-electron chi connectivity index (χ4n) is 2.83. The number of aromatic nitrogens is 5. The summed E-state index contributed by atoms with van der Waals surface area (Å²) < 4.78 is 25.4. The van der Waals surface area contributed by atoms with Crippen LogP contribution in [-0.2, 0) is 12.5 Å². The molecule has 0 fully saturated rings. The molecule has 2 N–H and O–H groups in total. The monoisotopic (exact) mass is 451 g/mol. The van der Waals surface area contributed by atoms with Crippen molar-refractivity contribution >= 4 is 17.6 Å². The summed E-state index contributed by atoms with van der Waals surface area (Å²) in [5.74, 6) is 0.191. The molecule has 0 unspecified atom stereocenters. The van der Waals surface area contributed by atoms with E-state index in [4.69, 9.17) is 9.26 Å². The van der Waals surface area contributed by atoms with E-state index >= 15 is 0 Å². The zero-order valence-electron chi connectivity index (χ0n) is 18.5. The third-order valence-electron chi connectivity index (χ3n) is 4.53. The van der Waals surface area contributed by atoms with E-state index in [0.717, 1.165) is 0 Å². The van der Waals surface area contributed by atoms with E-state index in [1.807, 2.05) is 20.8 Å². The van der Waals surface area contributed by atoms with Crippen molar-refractivity contribution in [1.29, 1.82) is 0 Å². The van der Waals surface area contributed by atoms with Gasteiger partial charge >= 0.3 is 6.03 Å². The van der Waals surface area contributed by atoms with E-state index in [9.17, 15) is 9.18 Å². The van der Waals surface area contributed by atoms with Crippen LogP contribution in [0.5, 0.6) is 11.5 Å². The Morgan fingerprint density at radius 3 is 2.55 bits per heavy atom. The van der Waals surface area contributed by atoms with E-state index in [0.29, 0.717) is 22.8 Å². The van der Waals surface area contributed by atoms with Gasteiger partial charge in [0.25, 0.3) is 0 Å². The third-order valence-corrected chi connectivity index (χ3v) is 4.53. The summed E-state index contributed by atoms with van der Waals surface area (Å²) >= 11 is 0. The van der Waals surface area contributed by atoms with Crippen LogP contribution in [0.4, 0.5) is 20.8 Å². The lowest BCUT2D eigenvalue weighted by molar-refractivity contribution is 0.261. The van der Waals surface area contributed by atoms with Gasteiger partial charge in [0.1, 0.15) is 23.0 Å². The van der Waals surface area contributed by atoms with Crippen LogP contribution in [0, 0.1) is 5.82 Å². The van der Waals surface area contributed by atoms with Gasteiger partial charge < -0.3 is 14.6 Å². The minimum atomic E-state index is -0.668. The Kier molecular flexibility index (Phi) is 5.78. The number of pyridine rings is 1. The number of aryl methyl sites for hydroxylation is 1. The lowest BCUT2D eigenvalue weighted by Crippen LogP contribution is -2.19. The van der Waals surface area contributed by atoms with Gasteiger partial charge in [-0.2, -0.15) is 15.0 Å². The van der Waals surface area contributed by atoms with Crippen LogP contribution >= 0.6 is 0 Å². The SMILES string of the molecule is Cn1ncc(-c2cc(Oc3ccc(NC(=O)Nc4cc(C(C)(C)C)no4)c(F)c3)ccn2)n1. The normalized spacial score (nSPS) is 11.3. The van der Waals surface area contributed by atoms with E-state index in [-0.39, 0.29) is 22.7 Å². The first-order valence-electron chi connectivity index (χ1n) is 10.0. The maximum absolute atomic E-state index is 14.6. The molecule has 170 valence electrons. The Balaban J connectivity index is 1.41. The van der Waals surface area contributed by atoms with Gasteiger partial charge in [-0.3, -0.25) is 10.3 Å². The number of hydrogen-bond acceptors (Lipinski definition) is 7. The van der Waals surface area contributed by atoms with Crippen molar-refractivity contribution in [3.63, 3.8) is 0 Å². The summed E-state index contributed by atoms with van der Waals surface area (Å²) in [6.07, 6.45) is 3.14. The second kappa shape index (κ2) is 8.69. The molecule has 3 heterocycles. The molecule has 4 aromatic rings. The maximum atomic E-state index is 14.6. The largest absolute Gasteiger partial charge is 0.457 e. The number of carbonyl (C=O) groups is 1. The summed E-state index contributed by atoms with van der Waals surface area (Å²) in [6.45, 7) is 5.91. The number of ether oxygens (including phenoxy) is 1. The number of anilines is 2. The highest BCUT2D eigenvalue weighted by Gasteiger charge is 2.20. The molecule has 4 rings (SSSR count). The van der Waals surface area contributed by atoms with Crippen LogP contribution in [0.15, 0.2) is 53.3 Å². The zero-order valence-corrected chi connectivity index (χ0v) is 18.5. The number of nitrogens with one attached hydrogen (secondary N) is 2. The molecule has 0 bridgehead atoms. The summed E-state index contributed by atoms with van der Waals surface area (Å²) in [5, 5.41) is 17.1. The molecule has 0 aliphatic carbocycles. The highest BCUT2D eigenvalue weighted by atomic mass is 19.1. The lowest BCUT2D eigenvalue weighted by Gasteiger charge is -2.12. The first-order valence-corrected chi connectivity index (χ1v) is 10.0.